The van der Waals surface area contributed by atoms with Gasteiger partial charge in [0.25, 0.3) is 0 Å². The lowest BCUT2D eigenvalue weighted by molar-refractivity contribution is 0.0389. The van der Waals surface area contributed by atoms with E-state index in [4.69, 9.17) is 4.74 Å². The Kier molecular flexibility index (Phi) is 6.45. The monoisotopic (exact) mass is 300 g/mol. The average molecular weight is 300 g/mol. The Bertz CT molecular complexity index is 312. The summed E-state index contributed by atoms with van der Waals surface area (Å²) in [5.41, 5.74) is 0. The van der Waals surface area contributed by atoms with Crippen molar-refractivity contribution in [3.63, 3.8) is 0 Å². The summed E-state index contributed by atoms with van der Waals surface area (Å²) >= 11 is 2.08. The van der Waals surface area contributed by atoms with Crippen LogP contribution < -0.4 is 10.6 Å². The van der Waals surface area contributed by atoms with Crippen LogP contribution in [-0.4, -0.2) is 74.3 Å². The van der Waals surface area contributed by atoms with Crippen molar-refractivity contribution in [2.24, 2.45) is 4.99 Å². The van der Waals surface area contributed by atoms with Gasteiger partial charge < -0.3 is 15.4 Å². The minimum atomic E-state index is 0.377. The number of aliphatic imine (C=N–C) groups is 1. The van der Waals surface area contributed by atoms with Gasteiger partial charge in [-0.3, -0.25) is 9.89 Å². The van der Waals surface area contributed by atoms with Crippen LogP contribution in [0, 0.1) is 0 Å². The number of thioether (sulfide) groups is 1. The van der Waals surface area contributed by atoms with E-state index in [-0.39, 0.29) is 0 Å². The van der Waals surface area contributed by atoms with Crippen LogP contribution in [0.3, 0.4) is 0 Å². The molecule has 0 radical (unpaired) electrons. The molecule has 2 aliphatic heterocycles. The molecule has 116 valence electrons. The predicted molar refractivity (Wildman–Crippen MR) is 86.7 cm³/mol. The Morgan fingerprint density at radius 1 is 1.35 bits per heavy atom. The standard InChI is InChI=1S/C14H28N4OS/c1-14(4-3-11-20-14)12-17-13(15-2)16-5-6-18-7-9-19-10-8-18/h3-12H2,1-2H3,(H2,15,16,17). The van der Waals surface area contributed by atoms with Crippen molar-refractivity contribution in [3.05, 3.63) is 0 Å². The summed E-state index contributed by atoms with van der Waals surface area (Å²) in [5.74, 6) is 2.22. The molecule has 0 spiro atoms. The third kappa shape index (κ3) is 5.14. The van der Waals surface area contributed by atoms with E-state index in [9.17, 15) is 0 Å². The summed E-state index contributed by atoms with van der Waals surface area (Å²) in [6, 6.07) is 0. The van der Waals surface area contributed by atoms with E-state index < -0.39 is 0 Å². The van der Waals surface area contributed by atoms with Gasteiger partial charge in [0, 0.05) is 44.5 Å². The topological polar surface area (TPSA) is 48.9 Å². The maximum absolute atomic E-state index is 5.35. The van der Waals surface area contributed by atoms with Gasteiger partial charge in [-0.05, 0) is 25.5 Å². The van der Waals surface area contributed by atoms with Crippen LogP contribution in [0.4, 0.5) is 0 Å². The van der Waals surface area contributed by atoms with Gasteiger partial charge in [0.1, 0.15) is 0 Å². The van der Waals surface area contributed by atoms with Crippen molar-refractivity contribution in [1.29, 1.82) is 0 Å². The molecule has 0 amide bonds. The van der Waals surface area contributed by atoms with Gasteiger partial charge in [-0.25, -0.2) is 0 Å². The van der Waals surface area contributed by atoms with Crippen LogP contribution >= 0.6 is 11.8 Å². The van der Waals surface area contributed by atoms with Crippen molar-refractivity contribution in [1.82, 2.24) is 15.5 Å². The zero-order chi connectivity index (χ0) is 14.3. The van der Waals surface area contributed by atoms with Crippen LogP contribution in [0.2, 0.25) is 0 Å². The average Bonchev–Trinajstić information content (AvgIpc) is 2.91. The van der Waals surface area contributed by atoms with Crippen molar-refractivity contribution >= 4 is 17.7 Å². The second-order valence-electron chi connectivity index (χ2n) is 5.71. The second kappa shape index (κ2) is 8.10. The maximum atomic E-state index is 5.35. The minimum absolute atomic E-state index is 0.377. The van der Waals surface area contributed by atoms with Gasteiger partial charge in [0.15, 0.2) is 5.96 Å². The summed E-state index contributed by atoms with van der Waals surface area (Å²) in [4.78, 5) is 6.73. The van der Waals surface area contributed by atoms with Crippen molar-refractivity contribution in [2.45, 2.75) is 24.5 Å². The van der Waals surface area contributed by atoms with Crippen LogP contribution in [0.1, 0.15) is 19.8 Å². The number of nitrogens with zero attached hydrogens (tertiary/aromatic N) is 2. The number of ether oxygens (including phenoxy) is 1. The van der Waals surface area contributed by atoms with Crippen molar-refractivity contribution in [2.75, 3.05) is 58.7 Å². The number of nitrogens with one attached hydrogen (secondary N) is 2. The highest BCUT2D eigenvalue weighted by atomic mass is 32.2. The molecule has 0 aromatic heterocycles. The summed E-state index contributed by atoms with van der Waals surface area (Å²) < 4.78 is 5.73. The number of morpholine rings is 1. The molecule has 0 aromatic carbocycles. The van der Waals surface area contributed by atoms with Crippen LogP contribution in [-0.2, 0) is 4.74 Å². The molecule has 2 fully saturated rings. The highest BCUT2D eigenvalue weighted by molar-refractivity contribution is 8.00. The van der Waals surface area contributed by atoms with Crippen LogP contribution in [0.5, 0.6) is 0 Å². The second-order valence-corrected chi connectivity index (χ2v) is 7.39. The maximum Gasteiger partial charge on any atom is 0.191 e. The molecule has 0 aliphatic carbocycles. The van der Waals surface area contributed by atoms with E-state index >= 15 is 0 Å². The van der Waals surface area contributed by atoms with Crippen LogP contribution in [0.25, 0.3) is 0 Å². The number of hydrogen-bond acceptors (Lipinski definition) is 4. The lowest BCUT2D eigenvalue weighted by Gasteiger charge is -2.27. The summed E-state index contributed by atoms with van der Waals surface area (Å²) in [6.45, 7) is 9.14. The highest BCUT2D eigenvalue weighted by Crippen LogP contribution is 2.36. The lowest BCUT2D eigenvalue weighted by atomic mass is 10.1. The van der Waals surface area contributed by atoms with E-state index in [0.717, 1.165) is 51.9 Å². The molecule has 2 rings (SSSR count). The van der Waals surface area contributed by atoms with E-state index in [1.807, 2.05) is 7.05 Å². The Hall–Kier alpha value is -0.460. The molecule has 5 nitrogen and oxygen atoms in total. The molecule has 0 saturated carbocycles. The van der Waals surface area contributed by atoms with Crippen molar-refractivity contribution < 1.29 is 4.74 Å². The Labute approximate surface area is 126 Å². The molecule has 2 N–H and O–H groups in total. The van der Waals surface area contributed by atoms with E-state index in [2.05, 4.69) is 39.2 Å². The molecule has 2 heterocycles. The summed E-state index contributed by atoms with van der Waals surface area (Å²) in [7, 11) is 1.84. The molecular weight excluding hydrogens is 272 g/mol. The molecule has 2 saturated heterocycles. The van der Waals surface area contributed by atoms with E-state index in [1.54, 1.807) is 0 Å². The Morgan fingerprint density at radius 3 is 2.80 bits per heavy atom. The zero-order valence-electron chi connectivity index (χ0n) is 12.8. The number of guanidine groups is 1. The van der Waals surface area contributed by atoms with Gasteiger partial charge in [-0.1, -0.05) is 0 Å². The van der Waals surface area contributed by atoms with Crippen molar-refractivity contribution in [3.8, 4) is 0 Å². The fourth-order valence-corrected chi connectivity index (χ4v) is 3.87. The first kappa shape index (κ1) is 15.9. The molecule has 6 heteroatoms. The van der Waals surface area contributed by atoms with Gasteiger partial charge in [-0.15, -0.1) is 0 Å². The molecule has 0 bridgehead atoms. The first-order valence-electron chi connectivity index (χ1n) is 7.60. The van der Waals surface area contributed by atoms with Crippen LogP contribution in [0.15, 0.2) is 4.99 Å². The SMILES string of the molecule is CN=C(NCCN1CCOCC1)NCC1(C)CCCS1. The molecule has 0 aromatic rings. The Balaban J connectivity index is 1.62. The predicted octanol–water partition coefficient (Wildman–Crippen LogP) is 0.769. The number of rotatable bonds is 5. The Morgan fingerprint density at radius 2 is 2.15 bits per heavy atom. The minimum Gasteiger partial charge on any atom is -0.379 e. The zero-order valence-corrected chi connectivity index (χ0v) is 13.6. The van der Waals surface area contributed by atoms with E-state index in [0.29, 0.717) is 4.75 Å². The smallest absolute Gasteiger partial charge is 0.191 e. The fraction of sp³-hybridized carbons (Fsp3) is 0.929. The third-order valence-electron chi connectivity index (χ3n) is 3.98. The number of hydrogen-bond donors (Lipinski definition) is 2. The largest absolute Gasteiger partial charge is 0.379 e. The fourth-order valence-electron chi connectivity index (χ4n) is 2.62. The van der Waals surface area contributed by atoms with Gasteiger partial charge in [0.2, 0.25) is 0 Å². The lowest BCUT2D eigenvalue weighted by Crippen LogP contribution is -2.47. The first-order chi connectivity index (χ1) is 9.72. The molecular formula is C14H28N4OS. The first-order valence-corrected chi connectivity index (χ1v) is 8.59. The van der Waals surface area contributed by atoms with Gasteiger partial charge in [0.05, 0.1) is 13.2 Å². The van der Waals surface area contributed by atoms with Gasteiger partial charge in [-0.2, -0.15) is 11.8 Å². The molecule has 2 aliphatic rings. The molecule has 1 unspecified atom stereocenters. The normalized spacial score (nSPS) is 28.6. The summed E-state index contributed by atoms with van der Waals surface area (Å²) in [5, 5.41) is 6.87. The summed E-state index contributed by atoms with van der Waals surface area (Å²) in [6.07, 6.45) is 2.64. The van der Waals surface area contributed by atoms with E-state index in [1.165, 1.54) is 18.6 Å². The quantitative estimate of drug-likeness (QED) is 0.580. The highest BCUT2D eigenvalue weighted by Gasteiger charge is 2.29. The molecule has 1 atom stereocenters. The molecule has 20 heavy (non-hydrogen) atoms. The third-order valence-corrected chi connectivity index (χ3v) is 5.52. The van der Waals surface area contributed by atoms with Gasteiger partial charge >= 0.3 is 0 Å².